The van der Waals surface area contributed by atoms with Gasteiger partial charge in [-0.15, -0.1) is 0 Å². The SMILES string of the molecule is CCCNC(=O)C(=O)N/N=C\c1ccc(OCC)cc1OCC. The lowest BCUT2D eigenvalue weighted by atomic mass is 10.2. The Bertz CT molecular complexity index is 558. The van der Waals surface area contributed by atoms with Crippen molar-refractivity contribution in [3.05, 3.63) is 23.8 Å². The van der Waals surface area contributed by atoms with Crippen molar-refractivity contribution in [1.29, 1.82) is 0 Å². The van der Waals surface area contributed by atoms with Crippen LogP contribution in [0, 0.1) is 0 Å². The molecule has 0 bridgehead atoms. The van der Waals surface area contributed by atoms with Gasteiger partial charge >= 0.3 is 11.8 Å². The molecule has 7 heteroatoms. The molecule has 1 aromatic carbocycles. The summed E-state index contributed by atoms with van der Waals surface area (Å²) in [4.78, 5) is 22.9. The summed E-state index contributed by atoms with van der Waals surface area (Å²) in [6.45, 7) is 7.16. The number of nitrogens with one attached hydrogen (secondary N) is 2. The van der Waals surface area contributed by atoms with Crippen LogP contribution >= 0.6 is 0 Å². The summed E-state index contributed by atoms with van der Waals surface area (Å²) in [7, 11) is 0. The van der Waals surface area contributed by atoms with Gasteiger partial charge in [-0.25, -0.2) is 5.43 Å². The number of carbonyl (C=O) groups is 2. The molecule has 0 aromatic heterocycles. The van der Waals surface area contributed by atoms with Crippen molar-refractivity contribution in [3.63, 3.8) is 0 Å². The average molecular weight is 321 g/mol. The molecule has 0 aliphatic carbocycles. The van der Waals surface area contributed by atoms with Gasteiger partial charge in [0.05, 0.1) is 19.4 Å². The smallest absolute Gasteiger partial charge is 0.329 e. The van der Waals surface area contributed by atoms with Gasteiger partial charge < -0.3 is 14.8 Å². The lowest BCUT2D eigenvalue weighted by molar-refractivity contribution is -0.139. The fourth-order valence-corrected chi connectivity index (χ4v) is 1.69. The molecule has 0 spiro atoms. The fraction of sp³-hybridized carbons (Fsp3) is 0.438. The van der Waals surface area contributed by atoms with Crippen LogP contribution in [0.2, 0.25) is 0 Å². The van der Waals surface area contributed by atoms with E-state index in [0.29, 0.717) is 36.8 Å². The second-order valence-electron chi connectivity index (χ2n) is 4.52. The highest BCUT2D eigenvalue weighted by molar-refractivity contribution is 6.35. The highest BCUT2D eigenvalue weighted by Crippen LogP contribution is 2.23. The largest absolute Gasteiger partial charge is 0.494 e. The molecule has 0 heterocycles. The number of hydrazone groups is 1. The van der Waals surface area contributed by atoms with E-state index in [-0.39, 0.29) is 0 Å². The number of nitrogens with zero attached hydrogens (tertiary/aromatic N) is 1. The van der Waals surface area contributed by atoms with Crippen LogP contribution in [0.3, 0.4) is 0 Å². The van der Waals surface area contributed by atoms with Gasteiger partial charge in [0.1, 0.15) is 11.5 Å². The zero-order valence-electron chi connectivity index (χ0n) is 13.7. The molecule has 126 valence electrons. The first-order valence-electron chi connectivity index (χ1n) is 7.63. The third-order valence-electron chi connectivity index (χ3n) is 2.71. The van der Waals surface area contributed by atoms with Crippen molar-refractivity contribution in [2.45, 2.75) is 27.2 Å². The lowest BCUT2D eigenvalue weighted by Gasteiger charge is -2.10. The molecule has 1 aromatic rings. The standard InChI is InChI=1S/C16H23N3O4/c1-4-9-17-15(20)16(21)19-18-11-12-7-8-13(22-5-2)10-14(12)23-6-3/h7-8,10-11H,4-6,9H2,1-3H3,(H,17,20)(H,19,21)/b18-11-. The summed E-state index contributed by atoms with van der Waals surface area (Å²) in [6.07, 6.45) is 2.18. The molecule has 7 nitrogen and oxygen atoms in total. The van der Waals surface area contributed by atoms with Gasteiger partial charge in [-0.05, 0) is 32.4 Å². The summed E-state index contributed by atoms with van der Waals surface area (Å²) in [5.74, 6) is -0.234. The molecule has 1 rings (SSSR count). The van der Waals surface area contributed by atoms with Crippen molar-refractivity contribution >= 4 is 18.0 Å². The van der Waals surface area contributed by atoms with Crippen molar-refractivity contribution < 1.29 is 19.1 Å². The molecule has 0 atom stereocenters. The van der Waals surface area contributed by atoms with Gasteiger partial charge in [-0.3, -0.25) is 9.59 Å². The summed E-state index contributed by atoms with van der Waals surface area (Å²) < 4.78 is 10.9. The maximum atomic E-state index is 11.5. The van der Waals surface area contributed by atoms with E-state index in [1.165, 1.54) is 6.21 Å². The minimum atomic E-state index is -0.807. The molecular weight excluding hydrogens is 298 g/mol. The van der Waals surface area contributed by atoms with Gasteiger partial charge in [0.15, 0.2) is 0 Å². The first-order chi connectivity index (χ1) is 11.1. The van der Waals surface area contributed by atoms with Crippen molar-refractivity contribution in [2.75, 3.05) is 19.8 Å². The Morgan fingerprint density at radius 1 is 1.13 bits per heavy atom. The van der Waals surface area contributed by atoms with E-state index >= 15 is 0 Å². The minimum absolute atomic E-state index is 0.448. The number of carbonyl (C=O) groups excluding carboxylic acids is 2. The molecule has 2 N–H and O–H groups in total. The van der Waals surface area contributed by atoms with Crippen LogP contribution in [0.4, 0.5) is 0 Å². The number of ether oxygens (including phenoxy) is 2. The van der Waals surface area contributed by atoms with E-state index in [2.05, 4.69) is 15.8 Å². The van der Waals surface area contributed by atoms with Gasteiger partial charge in [-0.1, -0.05) is 6.92 Å². The van der Waals surface area contributed by atoms with Crippen LogP contribution in [0.25, 0.3) is 0 Å². The summed E-state index contributed by atoms with van der Waals surface area (Å²) in [5.41, 5.74) is 2.85. The highest BCUT2D eigenvalue weighted by Gasteiger charge is 2.11. The van der Waals surface area contributed by atoms with Crippen LogP contribution in [-0.2, 0) is 9.59 Å². The molecule has 0 aliphatic rings. The zero-order valence-corrected chi connectivity index (χ0v) is 13.7. The molecule has 0 unspecified atom stereocenters. The Labute approximate surface area is 136 Å². The lowest BCUT2D eigenvalue weighted by Crippen LogP contribution is -2.38. The van der Waals surface area contributed by atoms with Crippen molar-refractivity contribution in [1.82, 2.24) is 10.7 Å². The molecular formula is C16H23N3O4. The maximum absolute atomic E-state index is 11.5. The Balaban J connectivity index is 2.71. The first kappa shape index (κ1) is 18.5. The zero-order chi connectivity index (χ0) is 17.1. The minimum Gasteiger partial charge on any atom is -0.494 e. The molecule has 0 aliphatic heterocycles. The topological polar surface area (TPSA) is 89.0 Å². The third-order valence-corrected chi connectivity index (χ3v) is 2.71. The Morgan fingerprint density at radius 2 is 1.87 bits per heavy atom. The van der Waals surface area contributed by atoms with Gasteiger partial charge in [0.25, 0.3) is 0 Å². The van der Waals surface area contributed by atoms with E-state index in [4.69, 9.17) is 9.47 Å². The molecule has 0 fully saturated rings. The number of benzene rings is 1. The normalized spacial score (nSPS) is 10.4. The predicted octanol–water partition coefficient (Wildman–Crippen LogP) is 1.46. The Morgan fingerprint density at radius 3 is 2.52 bits per heavy atom. The van der Waals surface area contributed by atoms with E-state index in [9.17, 15) is 9.59 Å². The Kier molecular flexibility index (Phi) is 8.20. The van der Waals surface area contributed by atoms with Gasteiger partial charge in [-0.2, -0.15) is 5.10 Å². The van der Waals surface area contributed by atoms with E-state index in [0.717, 1.165) is 6.42 Å². The first-order valence-corrected chi connectivity index (χ1v) is 7.63. The van der Waals surface area contributed by atoms with Crippen molar-refractivity contribution in [2.24, 2.45) is 5.10 Å². The fourth-order valence-electron chi connectivity index (χ4n) is 1.69. The predicted molar refractivity (Wildman–Crippen MR) is 87.8 cm³/mol. The van der Waals surface area contributed by atoms with E-state index in [1.807, 2.05) is 20.8 Å². The van der Waals surface area contributed by atoms with Crippen LogP contribution in [0.5, 0.6) is 11.5 Å². The molecule has 0 saturated heterocycles. The number of rotatable bonds is 8. The quantitative estimate of drug-likeness (QED) is 0.431. The third kappa shape index (κ3) is 6.37. The summed E-state index contributed by atoms with van der Waals surface area (Å²) in [6, 6.07) is 5.30. The number of hydrogen-bond acceptors (Lipinski definition) is 5. The molecule has 0 saturated carbocycles. The van der Waals surface area contributed by atoms with Crippen LogP contribution < -0.4 is 20.2 Å². The molecule has 2 amide bonds. The van der Waals surface area contributed by atoms with Gasteiger partial charge in [0, 0.05) is 18.2 Å². The van der Waals surface area contributed by atoms with Crippen LogP contribution in [0.1, 0.15) is 32.8 Å². The molecule has 0 radical (unpaired) electrons. The Hall–Kier alpha value is -2.57. The van der Waals surface area contributed by atoms with E-state index in [1.54, 1.807) is 18.2 Å². The maximum Gasteiger partial charge on any atom is 0.329 e. The van der Waals surface area contributed by atoms with Crippen LogP contribution in [-0.4, -0.2) is 37.8 Å². The molecule has 23 heavy (non-hydrogen) atoms. The second kappa shape index (κ2) is 10.2. The highest BCUT2D eigenvalue weighted by atomic mass is 16.5. The second-order valence-corrected chi connectivity index (χ2v) is 4.52. The number of hydrogen-bond donors (Lipinski definition) is 2. The monoisotopic (exact) mass is 321 g/mol. The van der Waals surface area contributed by atoms with E-state index < -0.39 is 11.8 Å². The summed E-state index contributed by atoms with van der Waals surface area (Å²) in [5, 5.41) is 6.25. The summed E-state index contributed by atoms with van der Waals surface area (Å²) >= 11 is 0. The van der Waals surface area contributed by atoms with Gasteiger partial charge in [0.2, 0.25) is 0 Å². The average Bonchev–Trinajstić information content (AvgIpc) is 2.55. The van der Waals surface area contributed by atoms with Crippen molar-refractivity contribution in [3.8, 4) is 11.5 Å². The number of amides is 2. The van der Waals surface area contributed by atoms with Crippen LogP contribution in [0.15, 0.2) is 23.3 Å².